The topological polar surface area (TPSA) is 54.5 Å². The second kappa shape index (κ2) is 8.91. The van der Waals surface area contributed by atoms with Gasteiger partial charge in [-0.15, -0.1) is 0 Å². The van der Waals surface area contributed by atoms with Crippen LogP contribution >= 0.6 is 0 Å². The van der Waals surface area contributed by atoms with Crippen molar-refractivity contribution in [2.24, 2.45) is 0 Å². The van der Waals surface area contributed by atoms with Crippen molar-refractivity contribution in [2.75, 3.05) is 30.4 Å². The summed E-state index contributed by atoms with van der Waals surface area (Å²) in [5.74, 6) is 0.845. The number of rotatable bonds is 8. The summed E-state index contributed by atoms with van der Waals surface area (Å²) in [5.41, 5.74) is 1.57. The van der Waals surface area contributed by atoms with Crippen LogP contribution < -0.4 is 15.0 Å². The second-order valence-corrected chi connectivity index (χ2v) is 5.54. The monoisotopic (exact) mass is 327 g/mol. The SMILES string of the molecule is CCCN(CCC)c1ccc(NC(=O)c2ccccc2OC)nc1. The molecule has 0 saturated heterocycles. The zero-order valence-electron chi connectivity index (χ0n) is 14.6. The third kappa shape index (κ3) is 4.47. The van der Waals surface area contributed by atoms with Gasteiger partial charge in [0, 0.05) is 13.1 Å². The van der Waals surface area contributed by atoms with Crippen molar-refractivity contribution >= 4 is 17.4 Å². The Kier molecular flexibility index (Phi) is 6.61. The molecule has 0 bridgehead atoms. The molecule has 1 aromatic carbocycles. The molecule has 2 rings (SSSR count). The lowest BCUT2D eigenvalue weighted by Crippen LogP contribution is -2.25. The van der Waals surface area contributed by atoms with Crippen molar-refractivity contribution in [1.29, 1.82) is 0 Å². The van der Waals surface area contributed by atoms with Crippen LogP contribution in [0.2, 0.25) is 0 Å². The van der Waals surface area contributed by atoms with E-state index in [-0.39, 0.29) is 5.91 Å². The van der Waals surface area contributed by atoms with Gasteiger partial charge in [-0.1, -0.05) is 26.0 Å². The van der Waals surface area contributed by atoms with Gasteiger partial charge in [0.05, 0.1) is 24.6 Å². The van der Waals surface area contributed by atoms with Crippen LogP contribution in [0.4, 0.5) is 11.5 Å². The molecule has 1 heterocycles. The van der Waals surface area contributed by atoms with Crippen molar-refractivity contribution in [3.05, 3.63) is 48.2 Å². The molecule has 0 aliphatic carbocycles. The molecule has 1 amide bonds. The highest BCUT2D eigenvalue weighted by molar-refractivity contribution is 6.05. The highest BCUT2D eigenvalue weighted by atomic mass is 16.5. The molecule has 0 unspecified atom stereocenters. The van der Waals surface area contributed by atoms with Gasteiger partial charge in [0.2, 0.25) is 0 Å². The van der Waals surface area contributed by atoms with E-state index in [0.29, 0.717) is 17.1 Å². The zero-order valence-corrected chi connectivity index (χ0v) is 14.6. The van der Waals surface area contributed by atoms with Crippen LogP contribution in [0, 0.1) is 0 Å². The first kappa shape index (κ1) is 17.8. The number of carbonyl (C=O) groups excluding carboxylic acids is 1. The van der Waals surface area contributed by atoms with Gasteiger partial charge in [0.25, 0.3) is 5.91 Å². The van der Waals surface area contributed by atoms with E-state index in [1.165, 1.54) is 0 Å². The Labute approximate surface area is 143 Å². The fraction of sp³-hybridized carbons (Fsp3) is 0.368. The molecule has 128 valence electrons. The maximum Gasteiger partial charge on any atom is 0.260 e. The number of nitrogens with one attached hydrogen (secondary N) is 1. The van der Waals surface area contributed by atoms with Crippen molar-refractivity contribution in [3.63, 3.8) is 0 Å². The van der Waals surface area contributed by atoms with Gasteiger partial charge in [0.15, 0.2) is 0 Å². The quantitative estimate of drug-likeness (QED) is 0.797. The molecule has 0 saturated carbocycles. The Morgan fingerprint density at radius 2 is 1.83 bits per heavy atom. The molecule has 0 fully saturated rings. The Morgan fingerprint density at radius 1 is 1.12 bits per heavy atom. The molecule has 0 aliphatic heterocycles. The fourth-order valence-electron chi connectivity index (χ4n) is 2.57. The predicted octanol–water partition coefficient (Wildman–Crippen LogP) is 3.97. The van der Waals surface area contributed by atoms with Crippen molar-refractivity contribution < 1.29 is 9.53 Å². The second-order valence-electron chi connectivity index (χ2n) is 5.54. The molecule has 1 N–H and O–H groups in total. The number of para-hydroxylation sites is 1. The molecule has 24 heavy (non-hydrogen) atoms. The van der Waals surface area contributed by atoms with Gasteiger partial charge < -0.3 is 15.0 Å². The minimum atomic E-state index is -0.230. The molecule has 0 spiro atoms. The number of ether oxygens (including phenoxy) is 1. The Hall–Kier alpha value is -2.56. The van der Waals surface area contributed by atoms with Gasteiger partial charge in [-0.2, -0.15) is 0 Å². The maximum atomic E-state index is 12.4. The van der Waals surface area contributed by atoms with E-state index in [2.05, 4.69) is 29.0 Å². The smallest absolute Gasteiger partial charge is 0.260 e. The van der Waals surface area contributed by atoms with Crippen molar-refractivity contribution in [1.82, 2.24) is 4.98 Å². The van der Waals surface area contributed by atoms with Crippen LogP contribution in [0.3, 0.4) is 0 Å². The number of anilines is 2. The number of hydrogen-bond acceptors (Lipinski definition) is 4. The molecule has 0 radical (unpaired) electrons. The molecule has 5 nitrogen and oxygen atoms in total. The van der Waals surface area contributed by atoms with Crippen molar-refractivity contribution in [2.45, 2.75) is 26.7 Å². The summed E-state index contributed by atoms with van der Waals surface area (Å²) >= 11 is 0. The van der Waals surface area contributed by atoms with Crippen LogP contribution in [0.25, 0.3) is 0 Å². The summed E-state index contributed by atoms with van der Waals surface area (Å²) in [6.07, 6.45) is 3.99. The van der Waals surface area contributed by atoms with E-state index in [0.717, 1.165) is 31.6 Å². The fourth-order valence-corrected chi connectivity index (χ4v) is 2.57. The first-order valence-electron chi connectivity index (χ1n) is 8.35. The van der Waals surface area contributed by atoms with E-state index in [9.17, 15) is 4.79 Å². The van der Waals surface area contributed by atoms with Crippen LogP contribution in [0.15, 0.2) is 42.6 Å². The number of amides is 1. The summed E-state index contributed by atoms with van der Waals surface area (Å²) in [5, 5.41) is 2.81. The highest BCUT2D eigenvalue weighted by Crippen LogP contribution is 2.20. The normalized spacial score (nSPS) is 10.3. The number of methoxy groups -OCH3 is 1. The number of carbonyl (C=O) groups is 1. The molecule has 0 atom stereocenters. The highest BCUT2D eigenvalue weighted by Gasteiger charge is 2.12. The van der Waals surface area contributed by atoms with Gasteiger partial charge >= 0.3 is 0 Å². The largest absolute Gasteiger partial charge is 0.496 e. The third-order valence-electron chi connectivity index (χ3n) is 3.69. The Balaban J connectivity index is 2.09. The molecule has 5 heteroatoms. The summed E-state index contributed by atoms with van der Waals surface area (Å²) in [4.78, 5) is 19.1. The van der Waals surface area contributed by atoms with Gasteiger partial charge in [-0.05, 0) is 37.1 Å². The molecular formula is C19H25N3O2. The van der Waals surface area contributed by atoms with Gasteiger partial charge in [0.1, 0.15) is 11.6 Å². The molecular weight excluding hydrogens is 302 g/mol. The molecule has 0 aliphatic rings. The lowest BCUT2D eigenvalue weighted by molar-refractivity contribution is 0.102. The third-order valence-corrected chi connectivity index (χ3v) is 3.69. The summed E-state index contributed by atoms with van der Waals surface area (Å²) in [6.45, 7) is 6.33. The maximum absolute atomic E-state index is 12.4. The lowest BCUT2D eigenvalue weighted by atomic mass is 10.2. The lowest BCUT2D eigenvalue weighted by Gasteiger charge is -2.23. The average Bonchev–Trinajstić information content (AvgIpc) is 2.62. The summed E-state index contributed by atoms with van der Waals surface area (Å²) in [6, 6.07) is 11.0. The number of aromatic nitrogens is 1. The van der Waals surface area contributed by atoms with Gasteiger partial charge in [-0.25, -0.2) is 4.98 Å². The van der Waals surface area contributed by atoms with E-state index >= 15 is 0 Å². The number of hydrogen-bond donors (Lipinski definition) is 1. The number of pyridine rings is 1. The summed E-state index contributed by atoms with van der Waals surface area (Å²) in [7, 11) is 1.55. The van der Waals surface area contributed by atoms with Crippen LogP contribution in [0.1, 0.15) is 37.0 Å². The average molecular weight is 327 g/mol. The number of benzene rings is 1. The van der Waals surface area contributed by atoms with E-state index in [4.69, 9.17) is 4.74 Å². The summed E-state index contributed by atoms with van der Waals surface area (Å²) < 4.78 is 5.22. The first-order chi connectivity index (χ1) is 11.7. The van der Waals surface area contributed by atoms with Crippen molar-refractivity contribution in [3.8, 4) is 5.75 Å². The first-order valence-corrected chi connectivity index (χ1v) is 8.35. The molecule has 1 aromatic heterocycles. The minimum Gasteiger partial charge on any atom is -0.496 e. The minimum absolute atomic E-state index is 0.230. The van der Waals surface area contributed by atoms with Gasteiger partial charge in [-0.3, -0.25) is 4.79 Å². The van der Waals surface area contributed by atoms with E-state index in [1.54, 1.807) is 25.3 Å². The van der Waals surface area contributed by atoms with E-state index in [1.807, 2.05) is 24.4 Å². The van der Waals surface area contributed by atoms with Crippen LogP contribution in [-0.4, -0.2) is 31.1 Å². The number of nitrogens with zero attached hydrogens (tertiary/aromatic N) is 2. The zero-order chi connectivity index (χ0) is 17.4. The van der Waals surface area contributed by atoms with E-state index < -0.39 is 0 Å². The Morgan fingerprint density at radius 3 is 2.42 bits per heavy atom. The predicted molar refractivity (Wildman–Crippen MR) is 98.0 cm³/mol. The standard InChI is InChI=1S/C19H25N3O2/c1-4-12-22(13-5-2)15-10-11-18(20-14-15)21-19(23)16-8-6-7-9-17(16)24-3/h6-11,14H,4-5,12-13H2,1-3H3,(H,20,21,23). The van der Waals surface area contributed by atoms with Crippen LogP contribution in [0.5, 0.6) is 5.75 Å². The molecule has 2 aromatic rings. The Bertz CT molecular complexity index is 650. The van der Waals surface area contributed by atoms with Crippen LogP contribution in [-0.2, 0) is 0 Å².